The molecule has 1 N–H and O–H groups in total. The molecule has 0 bridgehead atoms. The minimum absolute atomic E-state index is 0.0121. The van der Waals surface area contributed by atoms with E-state index in [1.807, 2.05) is 12.1 Å². The molecule has 10 heteroatoms. The Morgan fingerprint density at radius 1 is 1.14 bits per heavy atom. The van der Waals surface area contributed by atoms with Gasteiger partial charge in [0.15, 0.2) is 5.11 Å². The summed E-state index contributed by atoms with van der Waals surface area (Å²) >= 11 is 11.4. The van der Waals surface area contributed by atoms with Crippen molar-refractivity contribution in [1.29, 1.82) is 0 Å². The number of nitrogens with zero attached hydrogens (tertiary/aromatic N) is 2. The molecule has 0 saturated carbocycles. The number of carbonyl (C=O) groups excluding carboxylic acids is 2. The van der Waals surface area contributed by atoms with Crippen LogP contribution in [0.2, 0.25) is 5.02 Å². The number of carbonyl (C=O) groups is 2. The Hall–Kier alpha value is -3.82. The van der Waals surface area contributed by atoms with Crippen LogP contribution in [0.5, 0.6) is 0 Å². The van der Waals surface area contributed by atoms with E-state index in [1.54, 1.807) is 18.2 Å². The summed E-state index contributed by atoms with van der Waals surface area (Å²) in [7, 11) is 0. The van der Waals surface area contributed by atoms with Crippen LogP contribution in [0.1, 0.15) is 31.1 Å². The molecular weight excluding hydrogens is 490 g/mol. The fourth-order valence-electron chi connectivity index (χ4n) is 3.62. The van der Waals surface area contributed by atoms with Crippen LogP contribution in [0, 0.1) is 10.1 Å². The molecule has 3 aromatic rings. The number of non-ortho nitro benzene ring substituents is 1. The van der Waals surface area contributed by atoms with Crippen molar-refractivity contribution in [3.63, 3.8) is 0 Å². The Kier molecular flexibility index (Phi) is 7.09. The smallest absolute Gasteiger partial charge is 0.270 e. The van der Waals surface area contributed by atoms with Gasteiger partial charge in [-0.25, -0.2) is 0 Å². The van der Waals surface area contributed by atoms with Gasteiger partial charge < -0.3 is 4.42 Å². The summed E-state index contributed by atoms with van der Waals surface area (Å²) in [5.41, 5.74) is 1.69. The zero-order valence-corrected chi connectivity index (χ0v) is 20.2. The van der Waals surface area contributed by atoms with E-state index in [4.69, 9.17) is 28.2 Å². The summed E-state index contributed by atoms with van der Waals surface area (Å²) in [5, 5.41) is 13.9. The van der Waals surface area contributed by atoms with E-state index in [2.05, 4.69) is 12.2 Å². The predicted molar refractivity (Wildman–Crippen MR) is 137 cm³/mol. The van der Waals surface area contributed by atoms with E-state index in [0.29, 0.717) is 11.3 Å². The standard InChI is InChI=1S/C25H20ClN3O5S/c1-2-3-4-15-5-7-16(8-6-15)28-24(31)20(23(30)27-25(28)35)14-18-10-12-22(34-18)19-13-17(29(32)33)9-11-21(19)26/h5-14H,2-4H2,1H3,(H,27,30,35). The number of nitrogens with one attached hydrogen (secondary N) is 1. The van der Waals surface area contributed by atoms with Crippen molar-refractivity contribution < 1.29 is 18.9 Å². The Balaban J connectivity index is 1.63. The molecule has 2 aromatic carbocycles. The van der Waals surface area contributed by atoms with Crippen molar-refractivity contribution in [1.82, 2.24) is 5.32 Å². The fourth-order valence-corrected chi connectivity index (χ4v) is 4.11. The monoisotopic (exact) mass is 509 g/mol. The molecule has 0 atom stereocenters. The molecule has 178 valence electrons. The maximum absolute atomic E-state index is 13.2. The Morgan fingerprint density at radius 2 is 1.89 bits per heavy atom. The van der Waals surface area contributed by atoms with Crippen LogP contribution in [0.4, 0.5) is 11.4 Å². The molecule has 1 aromatic heterocycles. The predicted octanol–water partition coefficient (Wildman–Crippen LogP) is 5.68. The number of furan rings is 1. The summed E-state index contributed by atoms with van der Waals surface area (Å²) in [4.78, 5) is 37.6. The SMILES string of the molecule is CCCCc1ccc(N2C(=O)C(=Cc3ccc(-c4cc([N+](=O)[O-])ccc4Cl)o3)C(=O)NC2=S)cc1. The number of nitro groups is 1. The molecule has 1 fully saturated rings. The number of thiocarbonyl (C=S) groups is 1. The largest absolute Gasteiger partial charge is 0.457 e. The second-order valence-electron chi connectivity index (χ2n) is 7.85. The number of hydrogen-bond donors (Lipinski definition) is 1. The zero-order valence-electron chi connectivity index (χ0n) is 18.6. The molecule has 35 heavy (non-hydrogen) atoms. The summed E-state index contributed by atoms with van der Waals surface area (Å²) in [6, 6.07) is 14.5. The van der Waals surface area contributed by atoms with Crippen LogP contribution < -0.4 is 10.2 Å². The van der Waals surface area contributed by atoms with Crippen molar-refractivity contribution in [3.8, 4) is 11.3 Å². The van der Waals surface area contributed by atoms with Gasteiger partial charge in [0.25, 0.3) is 17.5 Å². The normalized spacial score (nSPS) is 15.0. The minimum Gasteiger partial charge on any atom is -0.457 e. The van der Waals surface area contributed by atoms with Crippen molar-refractivity contribution in [2.45, 2.75) is 26.2 Å². The van der Waals surface area contributed by atoms with Gasteiger partial charge in [-0.2, -0.15) is 0 Å². The van der Waals surface area contributed by atoms with E-state index >= 15 is 0 Å². The van der Waals surface area contributed by atoms with Gasteiger partial charge in [-0.15, -0.1) is 0 Å². The summed E-state index contributed by atoms with van der Waals surface area (Å²) in [6.45, 7) is 2.12. The average molecular weight is 510 g/mol. The van der Waals surface area contributed by atoms with E-state index in [1.165, 1.54) is 35.2 Å². The summed E-state index contributed by atoms with van der Waals surface area (Å²) < 4.78 is 5.74. The topological polar surface area (TPSA) is 106 Å². The Bertz CT molecular complexity index is 1360. The number of hydrogen-bond acceptors (Lipinski definition) is 6. The van der Waals surface area contributed by atoms with Crippen molar-refractivity contribution in [2.24, 2.45) is 0 Å². The first-order valence-corrected chi connectivity index (χ1v) is 11.6. The molecule has 4 rings (SSSR count). The third kappa shape index (κ3) is 5.16. The molecule has 1 aliphatic rings. The molecule has 2 amide bonds. The number of unbranched alkanes of at least 4 members (excludes halogenated alkanes) is 1. The van der Waals surface area contributed by atoms with Crippen LogP contribution in [-0.2, 0) is 16.0 Å². The highest BCUT2D eigenvalue weighted by Gasteiger charge is 2.34. The van der Waals surface area contributed by atoms with E-state index < -0.39 is 16.7 Å². The van der Waals surface area contributed by atoms with Gasteiger partial charge in [-0.3, -0.25) is 29.9 Å². The summed E-state index contributed by atoms with van der Waals surface area (Å²) in [5.74, 6) is -0.790. The Labute approximate surface area is 211 Å². The molecule has 1 saturated heterocycles. The van der Waals surface area contributed by atoms with Gasteiger partial charge in [-0.1, -0.05) is 37.1 Å². The van der Waals surface area contributed by atoms with Gasteiger partial charge in [0.2, 0.25) is 0 Å². The number of amides is 2. The first-order chi connectivity index (χ1) is 16.8. The quantitative estimate of drug-likeness (QED) is 0.144. The van der Waals surface area contributed by atoms with Crippen molar-refractivity contribution in [2.75, 3.05) is 4.90 Å². The maximum atomic E-state index is 13.2. The maximum Gasteiger partial charge on any atom is 0.270 e. The number of anilines is 1. The second-order valence-corrected chi connectivity index (χ2v) is 8.65. The first-order valence-electron chi connectivity index (χ1n) is 10.8. The highest BCUT2D eigenvalue weighted by atomic mass is 35.5. The van der Waals surface area contributed by atoms with E-state index in [0.717, 1.165) is 24.8 Å². The third-order valence-corrected chi connectivity index (χ3v) is 6.07. The lowest BCUT2D eigenvalue weighted by Crippen LogP contribution is -2.54. The lowest BCUT2D eigenvalue weighted by molar-refractivity contribution is -0.384. The first kappa shape index (κ1) is 24.3. The minimum atomic E-state index is -0.651. The number of halogens is 1. The molecule has 0 radical (unpaired) electrons. The molecule has 1 aliphatic heterocycles. The number of nitro benzene ring substituents is 1. The molecule has 8 nitrogen and oxygen atoms in total. The van der Waals surface area contributed by atoms with Gasteiger partial charge in [0.1, 0.15) is 17.1 Å². The van der Waals surface area contributed by atoms with Gasteiger partial charge in [-0.05, 0) is 67.0 Å². The summed E-state index contributed by atoms with van der Waals surface area (Å²) in [6.07, 6.45) is 4.39. The fraction of sp³-hybridized carbons (Fsp3) is 0.160. The highest BCUT2D eigenvalue weighted by Crippen LogP contribution is 2.33. The Morgan fingerprint density at radius 3 is 2.57 bits per heavy atom. The second kappa shape index (κ2) is 10.2. The van der Waals surface area contributed by atoms with Crippen LogP contribution in [0.25, 0.3) is 17.4 Å². The van der Waals surface area contributed by atoms with E-state index in [9.17, 15) is 19.7 Å². The molecular formula is C25H20ClN3O5S. The molecule has 0 spiro atoms. The third-order valence-electron chi connectivity index (χ3n) is 5.45. The lowest BCUT2D eigenvalue weighted by Gasteiger charge is -2.28. The van der Waals surface area contributed by atoms with Gasteiger partial charge >= 0.3 is 0 Å². The molecule has 0 unspecified atom stereocenters. The van der Waals surface area contributed by atoms with Crippen molar-refractivity contribution >= 4 is 58.2 Å². The van der Waals surface area contributed by atoms with E-state index in [-0.39, 0.29) is 32.9 Å². The number of aryl methyl sites for hydroxylation is 1. The van der Waals surface area contributed by atoms with Crippen LogP contribution >= 0.6 is 23.8 Å². The van der Waals surface area contributed by atoms with Crippen LogP contribution in [0.15, 0.2) is 64.6 Å². The van der Waals surface area contributed by atoms with Gasteiger partial charge in [0.05, 0.1) is 15.6 Å². The highest BCUT2D eigenvalue weighted by molar-refractivity contribution is 7.80. The average Bonchev–Trinajstić information content (AvgIpc) is 3.29. The lowest BCUT2D eigenvalue weighted by atomic mass is 10.1. The van der Waals surface area contributed by atoms with Crippen LogP contribution in [0.3, 0.4) is 0 Å². The van der Waals surface area contributed by atoms with Crippen molar-refractivity contribution in [3.05, 3.63) is 86.6 Å². The zero-order chi connectivity index (χ0) is 25.1. The number of benzene rings is 2. The van der Waals surface area contributed by atoms with Crippen LogP contribution in [-0.4, -0.2) is 21.9 Å². The number of rotatable bonds is 7. The van der Waals surface area contributed by atoms with Gasteiger partial charge in [0, 0.05) is 17.7 Å². The molecule has 2 heterocycles. The molecule has 0 aliphatic carbocycles.